The Morgan fingerprint density at radius 3 is 2.80 bits per heavy atom. The van der Waals surface area contributed by atoms with Gasteiger partial charge in [-0.25, -0.2) is 0 Å². The van der Waals surface area contributed by atoms with Crippen LogP contribution in [0.15, 0.2) is 15.9 Å². The first kappa shape index (κ1) is 16.0. The maximum Gasteiger partial charge on any atom is 0.0738 e. The SMILES string of the molecule is CCNC(Cc1c(Br)c(C)nn1CC)c1sccc1Cl. The average molecular weight is 377 g/mol. The normalized spacial score (nSPS) is 12.8. The molecule has 0 aliphatic heterocycles. The molecule has 0 aromatic carbocycles. The zero-order valence-corrected chi connectivity index (χ0v) is 15.1. The maximum absolute atomic E-state index is 6.29. The Bertz CT molecular complexity index is 579. The number of rotatable bonds is 6. The van der Waals surface area contributed by atoms with E-state index < -0.39 is 0 Å². The number of thiophene rings is 1. The molecule has 3 nitrogen and oxygen atoms in total. The molecule has 0 saturated carbocycles. The molecule has 110 valence electrons. The van der Waals surface area contributed by atoms with Gasteiger partial charge in [0.25, 0.3) is 0 Å². The second-order valence-electron chi connectivity index (χ2n) is 4.61. The highest BCUT2D eigenvalue weighted by atomic mass is 79.9. The molecule has 0 aliphatic rings. The second kappa shape index (κ2) is 7.07. The fraction of sp³-hybridized carbons (Fsp3) is 0.500. The fourth-order valence-electron chi connectivity index (χ4n) is 2.32. The molecule has 2 aromatic heterocycles. The molecule has 2 heterocycles. The lowest BCUT2D eigenvalue weighted by Gasteiger charge is -2.18. The lowest BCUT2D eigenvalue weighted by molar-refractivity contribution is 0.521. The first-order chi connectivity index (χ1) is 9.58. The zero-order valence-electron chi connectivity index (χ0n) is 11.9. The van der Waals surface area contributed by atoms with Crippen LogP contribution in [0.25, 0.3) is 0 Å². The van der Waals surface area contributed by atoms with Gasteiger partial charge in [-0.2, -0.15) is 5.10 Å². The summed E-state index contributed by atoms with van der Waals surface area (Å²) >= 11 is 11.7. The number of aromatic nitrogens is 2. The van der Waals surface area contributed by atoms with E-state index in [1.165, 1.54) is 10.6 Å². The molecular formula is C14H19BrClN3S. The molecule has 0 spiro atoms. The summed E-state index contributed by atoms with van der Waals surface area (Å²) in [6, 6.07) is 2.19. The fourth-order valence-corrected chi connectivity index (χ4v) is 4.03. The lowest BCUT2D eigenvalue weighted by atomic mass is 10.1. The van der Waals surface area contributed by atoms with E-state index in [1.807, 2.05) is 18.4 Å². The molecule has 0 fully saturated rings. The Morgan fingerprint density at radius 1 is 1.50 bits per heavy atom. The Labute approximate surface area is 137 Å². The summed E-state index contributed by atoms with van der Waals surface area (Å²) < 4.78 is 3.17. The van der Waals surface area contributed by atoms with Crippen molar-refractivity contribution in [1.29, 1.82) is 0 Å². The highest BCUT2D eigenvalue weighted by molar-refractivity contribution is 9.10. The van der Waals surface area contributed by atoms with Crippen LogP contribution in [0.1, 0.15) is 36.2 Å². The molecule has 1 N–H and O–H groups in total. The quantitative estimate of drug-likeness (QED) is 0.799. The monoisotopic (exact) mass is 375 g/mol. The average Bonchev–Trinajstić information content (AvgIpc) is 2.96. The van der Waals surface area contributed by atoms with Crippen LogP contribution in [0.5, 0.6) is 0 Å². The minimum Gasteiger partial charge on any atom is -0.309 e. The van der Waals surface area contributed by atoms with Crippen LogP contribution in [-0.2, 0) is 13.0 Å². The number of hydrogen-bond donors (Lipinski definition) is 1. The molecule has 0 saturated heterocycles. The van der Waals surface area contributed by atoms with Gasteiger partial charge in [0.2, 0.25) is 0 Å². The topological polar surface area (TPSA) is 29.9 Å². The molecule has 20 heavy (non-hydrogen) atoms. The van der Waals surface area contributed by atoms with Gasteiger partial charge in [0.1, 0.15) is 0 Å². The van der Waals surface area contributed by atoms with Crippen LogP contribution in [0, 0.1) is 6.92 Å². The molecule has 1 atom stereocenters. The smallest absolute Gasteiger partial charge is 0.0738 e. The van der Waals surface area contributed by atoms with Gasteiger partial charge in [-0.1, -0.05) is 18.5 Å². The first-order valence-electron chi connectivity index (χ1n) is 6.76. The molecule has 2 rings (SSSR count). The van der Waals surface area contributed by atoms with Gasteiger partial charge in [-0.05, 0) is 47.8 Å². The van der Waals surface area contributed by atoms with Crippen molar-refractivity contribution in [3.05, 3.63) is 37.2 Å². The second-order valence-corrected chi connectivity index (χ2v) is 6.76. The van der Waals surface area contributed by atoms with Crippen molar-refractivity contribution in [3.63, 3.8) is 0 Å². The van der Waals surface area contributed by atoms with E-state index >= 15 is 0 Å². The van der Waals surface area contributed by atoms with Crippen LogP contribution in [0.3, 0.4) is 0 Å². The summed E-state index contributed by atoms with van der Waals surface area (Å²) in [5, 5.41) is 11.0. The van der Waals surface area contributed by atoms with E-state index in [-0.39, 0.29) is 6.04 Å². The largest absolute Gasteiger partial charge is 0.309 e. The van der Waals surface area contributed by atoms with Gasteiger partial charge in [-0.3, -0.25) is 4.68 Å². The lowest BCUT2D eigenvalue weighted by Crippen LogP contribution is -2.23. The third-order valence-electron chi connectivity index (χ3n) is 3.26. The predicted octanol–water partition coefficient (Wildman–Crippen LogP) is 4.58. The minimum absolute atomic E-state index is 0.227. The van der Waals surface area contributed by atoms with Crippen molar-refractivity contribution >= 4 is 38.9 Å². The van der Waals surface area contributed by atoms with Crippen molar-refractivity contribution in [1.82, 2.24) is 15.1 Å². The number of nitrogens with one attached hydrogen (secondary N) is 1. The molecule has 1 unspecified atom stereocenters. The molecule has 0 amide bonds. The third-order valence-corrected chi connectivity index (χ3v) is 5.77. The molecule has 2 aromatic rings. The first-order valence-corrected chi connectivity index (χ1v) is 8.81. The molecule has 0 aliphatic carbocycles. The number of halogens is 2. The van der Waals surface area contributed by atoms with Gasteiger partial charge in [0, 0.05) is 23.9 Å². The Morgan fingerprint density at radius 2 is 2.25 bits per heavy atom. The van der Waals surface area contributed by atoms with Crippen molar-refractivity contribution in [2.24, 2.45) is 0 Å². The van der Waals surface area contributed by atoms with Gasteiger partial charge < -0.3 is 5.32 Å². The Balaban J connectivity index is 2.31. The van der Waals surface area contributed by atoms with Gasteiger partial charge in [-0.15, -0.1) is 11.3 Å². The van der Waals surface area contributed by atoms with Crippen LogP contribution >= 0.6 is 38.9 Å². The highest BCUT2D eigenvalue weighted by Gasteiger charge is 2.21. The van der Waals surface area contributed by atoms with Gasteiger partial charge in [0.05, 0.1) is 20.9 Å². The Hall–Kier alpha value is -0.360. The molecule has 6 heteroatoms. The van der Waals surface area contributed by atoms with Crippen LogP contribution in [-0.4, -0.2) is 16.3 Å². The maximum atomic E-state index is 6.29. The van der Waals surface area contributed by atoms with Crippen molar-refractivity contribution in [2.75, 3.05) is 6.54 Å². The standard InChI is InChI=1S/C14H19BrClN3S/c1-4-17-11(14-10(16)6-7-20-14)8-12-13(15)9(3)18-19(12)5-2/h6-7,11,17H,4-5,8H2,1-3H3. The summed E-state index contributed by atoms with van der Waals surface area (Å²) in [5.74, 6) is 0. The van der Waals surface area contributed by atoms with Gasteiger partial charge >= 0.3 is 0 Å². The number of likely N-dealkylation sites (N-methyl/N-ethyl adjacent to an activating group) is 1. The van der Waals surface area contributed by atoms with E-state index in [9.17, 15) is 0 Å². The predicted molar refractivity (Wildman–Crippen MR) is 89.8 cm³/mol. The van der Waals surface area contributed by atoms with E-state index in [0.717, 1.165) is 34.7 Å². The minimum atomic E-state index is 0.227. The zero-order chi connectivity index (χ0) is 14.7. The van der Waals surface area contributed by atoms with E-state index in [4.69, 9.17) is 11.6 Å². The molecule has 0 radical (unpaired) electrons. The van der Waals surface area contributed by atoms with E-state index in [2.05, 4.69) is 44.9 Å². The van der Waals surface area contributed by atoms with Gasteiger partial charge in [0.15, 0.2) is 0 Å². The number of nitrogens with zero attached hydrogens (tertiary/aromatic N) is 2. The van der Waals surface area contributed by atoms with E-state index in [1.54, 1.807) is 11.3 Å². The summed E-state index contributed by atoms with van der Waals surface area (Å²) in [4.78, 5) is 1.20. The van der Waals surface area contributed by atoms with Crippen LogP contribution in [0.2, 0.25) is 5.02 Å². The summed E-state index contributed by atoms with van der Waals surface area (Å²) in [6.45, 7) is 8.04. The number of hydrogen-bond acceptors (Lipinski definition) is 3. The van der Waals surface area contributed by atoms with Crippen molar-refractivity contribution in [3.8, 4) is 0 Å². The summed E-state index contributed by atoms with van der Waals surface area (Å²) in [6.07, 6.45) is 0.878. The van der Waals surface area contributed by atoms with Crippen LogP contribution in [0.4, 0.5) is 0 Å². The van der Waals surface area contributed by atoms with Crippen molar-refractivity contribution in [2.45, 2.75) is 39.8 Å². The van der Waals surface area contributed by atoms with Crippen molar-refractivity contribution < 1.29 is 0 Å². The Kier molecular flexibility index (Phi) is 5.66. The van der Waals surface area contributed by atoms with E-state index in [0.29, 0.717) is 0 Å². The molecule has 0 bridgehead atoms. The highest BCUT2D eigenvalue weighted by Crippen LogP contribution is 2.33. The van der Waals surface area contributed by atoms with Crippen LogP contribution < -0.4 is 5.32 Å². The molecular weight excluding hydrogens is 358 g/mol. The summed E-state index contributed by atoms with van der Waals surface area (Å²) in [7, 11) is 0. The number of aryl methyl sites for hydroxylation is 2. The third kappa shape index (κ3) is 3.27. The summed E-state index contributed by atoms with van der Waals surface area (Å²) in [5.41, 5.74) is 2.26.